The number of aromatic carboxylic acids is 1. The van der Waals surface area contributed by atoms with E-state index in [1.807, 2.05) is 0 Å². The quantitative estimate of drug-likeness (QED) is 0.805. The van der Waals surface area contributed by atoms with Gasteiger partial charge in [-0.05, 0) is 12.1 Å². The van der Waals surface area contributed by atoms with Crippen LogP contribution in [0.4, 0.5) is 13.2 Å². The Labute approximate surface area is 108 Å². The smallest absolute Gasteiger partial charge is 0.406 e. The second-order valence-electron chi connectivity index (χ2n) is 3.97. The molecule has 0 saturated heterocycles. The number of aromatic nitrogens is 2. The normalized spacial score (nSPS) is 11.8. The van der Waals surface area contributed by atoms with Crippen molar-refractivity contribution < 1.29 is 23.1 Å². The van der Waals surface area contributed by atoms with Crippen molar-refractivity contribution in [1.29, 1.82) is 0 Å². The number of carboxylic acid groups (broad SMARTS) is 1. The number of halogens is 3. The molecule has 106 valence electrons. The molecular weight excluding hydrogens is 281 g/mol. The van der Waals surface area contributed by atoms with Crippen LogP contribution in [0.15, 0.2) is 27.8 Å². The lowest BCUT2D eigenvalue weighted by atomic mass is 10.1. The Balaban J connectivity index is 2.95. The number of fused-ring (bicyclic) bond motifs is 1. The first-order valence-corrected chi connectivity index (χ1v) is 5.26. The van der Waals surface area contributed by atoms with Crippen LogP contribution in [0.5, 0.6) is 0 Å². The summed E-state index contributed by atoms with van der Waals surface area (Å²) in [6.07, 6.45) is -4.77. The molecule has 2 aromatic rings. The number of carbonyl (C=O) groups is 1. The van der Waals surface area contributed by atoms with Crippen LogP contribution >= 0.6 is 0 Å². The summed E-state index contributed by atoms with van der Waals surface area (Å²) < 4.78 is 37.6. The van der Waals surface area contributed by atoms with Crippen LogP contribution in [0.2, 0.25) is 0 Å². The Hall–Kier alpha value is -2.58. The van der Waals surface area contributed by atoms with E-state index in [0.29, 0.717) is 0 Å². The van der Waals surface area contributed by atoms with Crippen molar-refractivity contribution in [2.24, 2.45) is 0 Å². The lowest BCUT2D eigenvalue weighted by molar-refractivity contribution is -0.140. The van der Waals surface area contributed by atoms with E-state index in [4.69, 9.17) is 5.11 Å². The van der Waals surface area contributed by atoms with Gasteiger partial charge in [-0.2, -0.15) is 13.2 Å². The van der Waals surface area contributed by atoms with Crippen LogP contribution in [0, 0.1) is 0 Å². The molecule has 0 atom stereocenters. The summed E-state index contributed by atoms with van der Waals surface area (Å²) in [5.74, 6) is -1.50. The topological polar surface area (TPSA) is 92.2 Å². The molecule has 0 aliphatic rings. The zero-order chi connectivity index (χ0) is 15.1. The third kappa shape index (κ3) is 2.42. The standard InChI is InChI=1S/C11H7F3N2O4/c12-11(13,14)4-16-7-5(10(19)20)2-1-3-6(7)15-8(17)9(16)18/h1-3H,4H2,(H,15,17)(H,19,20). The number of carboxylic acids is 1. The monoisotopic (exact) mass is 288 g/mol. The molecule has 0 aliphatic heterocycles. The van der Waals surface area contributed by atoms with Gasteiger partial charge >= 0.3 is 23.3 Å². The van der Waals surface area contributed by atoms with Gasteiger partial charge in [0.2, 0.25) is 0 Å². The summed E-state index contributed by atoms with van der Waals surface area (Å²) in [4.78, 5) is 36.0. The highest BCUT2D eigenvalue weighted by Crippen LogP contribution is 2.21. The first kappa shape index (κ1) is 13.8. The van der Waals surface area contributed by atoms with E-state index in [1.54, 1.807) is 0 Å². The molecule has 0 spiro atoms. The van der Waals surface area contributed by atoms with Crippen LogP contribution in [-0.2, 0) is 6.54 Å². The van der Waals surface area contributed by atoms with Gasteiger partial charge < -0.3 is 10.1 Å². The Morgan fingerprint density at radius 1 is 1.30 bits per heavy atom. The lowest BCUT2D eigenvalue weighted by Gasteiger charge is -2.13. The van der Waals surface area contributed by atoms with E-state index in [1.165, 1.54) is 12.1 Å². The SMILES string of the molecule is O=C(O)c1cccc2[nH]c(=O)c(=O)n(CC(F)(F)F)c12. The van der Waals surface area contributed by atoms with Gasteiger partial charge in [-0.3, -0.25) is 14.2 Å². The number of para-hydroxylation sites is 1. The summed E-state index contributed by atoms with van der Waals surface area (Å²) in [5, 5.41) is 8.98. The first-order valence-electron chi connectivity index (χ1n) is 5.26. The third-order valence-corrected chi connectivity index (χ3v) is 2.56. The second kappa shape index (κ2) is 4.51. The fraction of sp³-hybridized carbons (Fsp3) is 0.182. The van der Waals surface area contributed by atoms with Gasteiger partial charge in [0.15, 0.2) is 0 Å². The molecule has 20 heavy (non-hydrogen) atoms. The van der Waals surface area contributed by atoms with Gasteiger partial charge in [-0.25, -0.2) is 4.79 Å². The molecule has 0 radical (unpaired) electrons. The number of nitrogens with one attached hydrogen (secondary N) is 1. The van der Waals surface area contributed by atoms with Crippen molar-refractivity contribution in [1.82, 2.24) is 9.55 Å². The number of nitrogens with zero attached hydrogens (tertiary/aromatic N) is 1. The van der Waals surface area contributed by atoms with Crippen LogP contribution in [-0.4, -0.2) is 26.8 Å². The summed E-state index contributed by atoms with van der Waals surface area (Å²) in [6, 6.07) is 3.52. The fourth-order valence-electron chi connectivity index (χ4n) is 1.84. The molecule has 2 N–H and O–H groups in total. The second-order valence-corrected chi connectivity index (χ2v) is 3.97. The maximum Gasteiger partial charge on any atom is 0.406 e. The molecule has 6 nitrogen and oxygen atoms in total. The molecule has 0 saturated carbocycles. The average molecular weight is 288 g/mol. The minimum atomic E-state index is -4.77. The van der Waals surface area contributed by atoms with Crippen molar-refractivity contribution in [2.45, 2.75) is 12.7 Å². The van der Waals surface area contributed by atoms with Crippen molar-refractivity contribution in [3.63, 3.8) is 0 Å². The van der Waals surface area contributed by atoms with E-state index in [-0.39, 0.29) is 10.1 Å². The predicted molar refractivity (Wildman–Crippen MR) is 61.8 cm³/mol. The molecule has 1 heterocycles. The zero-order valence-electron chi connectivity index (χ0n) is 9.69. The molecule has 0 unspecified atom stereocenters. The van der Waals surface area contributed by atoms with Gasteiger partial charge in [0.05, 0.1) is 16.6 Å². The van der Waals surface area contributed by atoms with Crippen molar-refractivity contribution >= 4 is 17.0 Å². The first-order chi connectivity index (χ1) is 9.20. The largest absolute Gasteiger partial charge is 0.478 e. The molecule has 0 bridgehead atoms. The third-order valence-electron chi connectivity index (χ3n) is 2.56. The molecule has 0 fully saturated rings. The molecule has 9 heteroatoms. The van der Waals surface area contributed by atoms with E-state index in [9.17, 15) is 27.6 Å². The molecule has 1 aromatic heterocycles. The highest BCUT2D eigenvalue weighted by molar-refractivity contribution is 6.00. The van der Waals surface area contributed by atoms with Crippen molar-refractivity contribution in [3.8, 4) is 0 Å². The van der Waals surface area contributed by atoms with Gasteiger partial charge in [0.1, 0.15) is 6.54 Å². The maximum atomic E-state index is 12.5. The number of alkyl halides is 3. The van der Waals surface area contributed by atoms with Gasteiger partial charge in [0.25, 0.3) is 0 Å². The van der Waals surface area contributed by atoms with Crippen LogP contribution in [0.25, 0.3) is 11.0 Å². The predicted octanol–water partition coefficient (Wildman–Crippen LogP) is 0.950. The molecule has 0 aliphatic carbocycles. The minimum Gasteiger partial charge on any atom is -0.478 e. The molecular formula is C11H7F3N2O4. The minimum absolute atomic E-state index is 0.123. The van der Waals surface area contributed by atoms with Crippen molar-refractivity contribution in [2.75, 3.05) is 0 Å². The van der Waals surface area contributed by atoms with E-state index < -0.39 is 40.9 Å². The van der Waals surface area contributed by atoms with E-state index >= 15 is 0 Å². The maximum absolute atomic E-state index is 12.5. The highest BCUT2D eigenvalue weighted by Gasteiger charge is 2.30. The van der Waals surface area contributed by atoms with Gasteiger partial charge in [-0.15, -0.1) is 0 Å². The van der Waals surface area contributed by atoms with Crippen LogP contribution in [0.3, 0.4) is 0 Å². The highest BCUT2D eigenvalue weighted by atomic mass is 19.4. The summed E-state index contributed by atoms with van der Waals surface area (Å²) in [6.45, 7) is -1.74. The lowest BCUT2D eigenvalue weighted by Crippen LogP contribution is -2.39. The van der Waals surface area contributed by atoms with Gasteiger partial charge in [0, 0.05) is 0 Å². The molecule has 2 rings (SSSR count). The number of rotatable bonds is 2. The Bertz CT molecular complexity index is 804. The van der Waals surface area contributed by atoms with E-state index in [2.05, 4.69) is 4.98 Å². The van der Waals surface area contributed by atoms with Crippen LogP contribution < -0.4 is 11.1 Å². The summed E-state index contributed by atoms with van der Waals surface area (Å²) in [5.41, 5.74) is -3.83. The fourth-order valence-corrected chi connectivity index (χ4v) is 1.84. The summed E-state index contributed by atoms with van der Waals surface area (Å²) in [7, 11) is 0. The zero-order valence-corrected chi connectivity index (χ0v) is 9.69. The number of benzene rings is 1. The Morgan fingerprint density at radius 2 is 1.95 bits per heavy atom. The van der Waals surface area contributed by atoms with E-state index in [0.717, 1.165) is 6.07 Å². The van der Waals surface area contributed by atoms with Crippen LogP contribution in [0.1, 0.15) is 10.4 Å². The Kier molecular flexibility index (Phi) is 3.12. The number of H-pyrrole nitrogens is 1. The molecule has 0 amide bonds. The summed E-state index contributed by atoms with van der Waals surface area (Å²) >= 11 is 0. The average Bonchev–Trinajstić information content (AvgIpc) is 2.32. The van der Waals surface area contributed by atoms with Gasteiger partial charge in [-0.1, -0.05) is 6.07 Å². The van der Waals surface area contributed by atoms with Crippen molar-refractivity contribution in [3.05, 3.63) is 44.5 Å². The number of hydrogen-bond donors (Lipinski definition) is 2. The number of hydrogen-bond acceptors (Lipinski definition) is 3. The molecule has 1 aromatic carbocycles. The Morgan fingerprint density at radius 3 is 2.50 bits per heavy atom. The number of aromatic amines is 1.